The van der Waals surface area contributed by atoms with Gasteiger partial charge in [-0.3, -0.25) is 14.9 Å². The number of rotatable bonds is 7. The second-order valence-electron chi connectivity index (χ2n) is 5.02. The Morgan fingerprint density at radius 1 is 1.24 bits per heavy atom. The SMILES string of the molecule is CCOc1ccc(CNC(=O)c2cc([N+](=O)[O-])ccc2F)cc1OC. The molecule has 7 nitrogen and oxygen atoms in total. The average molecular weight is 348 g/mol. The molecule has 0 radical (unpaired) electrons. The van der Waals surface area contributed by atoms with Crippen LogP contribution in [-0.2, 0) is 6.54 Å². The van der Waals surface area contributed by atoms with Gasteiger partial charge in [-0.15, -0.1) is 0 Å². The maximum atomic E-state index is 13.7. The Morgan fingerprint density at radius 3 is 2.64 bits per heavy atom. The summed E-state index contributed by atoms with van der Waals surface area (Å²) in [6.45, 7) is 2.43. The molecule has 2 rings (SSSR count). The zero-order chi connectivity index (χ0) is 18.4. The number of carbonyl (C=O) groups excluding carboxylic acids is 1. The van der Waals surface area contributed by atoms with Crippen LogP contribution in [0.25, 0.3) is 0 Å². The van der Waals surface area contributed by atoms with Crippen LogP contribution >= 0.6 is 0 Å². The Morgan fingerprint density at radius 2 is 2.00 bits per heavy atom. The molecule has 0 saturated heterocycles. The minimum atomic E-state index is -0.827. The summed E-state index contributed by atoms with van der Waals surface area (Å²) in [7, 11) is 1.50. The van der Waals surface area contributed by atoms with Gasteiger partial charge >= 0.3 is 0 Å². The van der Waals surface area contributed by atoms with Crippen LogP contribution < -0.4 is 14.8 Å². The van der Waals surface area contributed by atoms with E-state index >= 15 is 0 Å². The van der Waals surface area contributed by atoms with E-state index in [1.165, 1.54) is 7.11 Å². The van der Waals surface area contributed by atoms with Gasteiger partial charge in [-0.2, -0.15) is 0 Å². The second kappa shape index (κ2) is 8.09. The summed E-state index contributed by atoms with van der Waals surface area (Å²) in [5, 5.41) is 13.3. The molecule has 1 N–H and O–H groups in total. The normalized spacial score (nSPS) is 10.2. The Kier molecular flexibility index (Phi) is 5.89. The van der Waals surface area contributed by atoms with Gasteiger partial charge in [0.25, 0.3) is 11.6 Å². The highest BCUT2D eigenvalue weighted by Crippen LogP contribution is 2.28. The molecule has 0 aliphatic carbocycles. The summed E-state index contributed by atoms with van der Waals surface area (Å²) in [5.41, 5.74) is -0.0270. The van der Waals surface area contributed by atoms with E-state index in [2.05, 4.69) is 5.32 Å². The van der Waals surface area contributed by atoms with Gasteiger partial charge in [0.2, 0.25) is 0 Å². The number of ether oxygens (including phenoxy) is 2. The first-order valence-electron chi connectivity index (χ1n) is 7.48. The molecule has 0 heterocycles. The van der Waals surface area contributed by atoms with Gasteiger partial charge in [0.1, 0.15) is 5.82 Å². The molecule has 0 aliphatic rings. The fourth-order valence-electron chi connectivity index (χ4n) is 2.18. The lowest BCUT2D eigenvalue weighted by Crippen LogP contribution is -2.24. The fraction of sp³-hybridized carbons (Fsp3) is 0.235. The van der Waals surface area contributed by atoms with E-state index < -0.39 is 16.6 Å². The van der Waals surface area contributed by atoms with E-state index in [1.54, 1.807) is 18.2 Å². The van der Waals surface area contributed by atoms with Crippen molar-refractivity contribution in [1.82, 2.24) is 5.32 Å². The van der Waals surface area contributed by atoms with Gasteiger partial charge in [-0.25, -0.2) is 4.39 Å². The topological polar surface area (TPSA) is 90.7 Å². The van der Waals surface area contributed by atoms with E-state index in [-0.39, 0.29) is 17.8 Å². The summed E-state index contributed by atoms with van der Waals surface area (Å²) in [6, 6.07) is 7.93. The number of methoxy groups -OCH3 is 1. The molecule has 1 amide bonds. The number of benzene rings is 2. The van der Waals surface area contributed by atoms with Crippen molar-refractivity contribution in [3.8, 4) is 11.5 Å². The number of carbonyl (C=O) groups is 1. The minimum absolute atomic E-state index is 0.101. The Balaban J connectivity index is 2.12. The zero-order valence-electron chi connectivity index (χ0n) is 13.7. The monoisotopic (exact) mass is 348 g/mol. The highest BCUT2D eigenvalue weighted by molar-refractivity contribution is 5.95. The first-order chi connectivity index (χ1) is 12.0. The predicted octanol–water partition coefficient (Wildman–Crippen LogP) is 3.07. The third-order valence-corrected chi connectivity index (χ3v) is 3.39. The molecule has 0 atom stereocenters. The van der Waals surface area contributed by atoms with Gasteiger partial charge in [-0.05, 0) is 30.7 Å². The molecule has 132 valence electrons. The van der Waals surface area contributed by atoms with Crippen LogP contribution in [0.3, 0.4) is 0 Å². The Hall–Kier alpha value is -3.16. The van der Waals surface area contributed by atoms with E-state index in [4.69, 9.17) is 9.47 Å². The first-order valence-corrected chi connectivity index (χ1v) is 7.48. The van der Waals surface area contributed by atoms with Crippen molar-refractivity contribution in [2.45, 2.75) is 13.5 Å². The van der Waals surface area contributed by atoms with Crippen molar-refractivity contribution < 1.29 is 23.6 Å². The molecule has 8 heteroatoms. The molecule has 0 fully saturated rings. The van der Waals surface area contributed by atoms with Crippen molar-refractivity contribution in [1.29, 1.82) is 0 Å². The molecule has 0 unspecified atom stereocenters. The van der Waals surface area contributed by atoms with Gasteiger partial charge in [-0.1, -0.05) is 6.07 Å². The number of nitro groups is 1. The van der Waals surface area contributed by atoms with Gasteiger partial charge in [0.05, 0.1) is 24.2 Å². The summed E-state index contributed by atoms with van der Waals surface area (Å²) in [4.78, 5) is 22.2. The predicted molar refractivity (Wildman–Crippen MR) is 88.4 cm³/mol. The molecule has 0 bridgehead atoms. The average Bonchev–Trinajstić information content (AvgIpc) is 2.60. The lowest BCUT2D eigenvalue weighted by atomic mass is 10.1. The van der Waals surface area contributed by atoms with Gasteiger partial charge in [0, 0.05) is 18.7 Å². The lowest BCUT2D eigenvalue weighted by molar-refractivity contribution is -0.384. The van der Waals surface area contributed by atoms with Crippen LogP contribution in [0.15, 0.2) is 36.4 Å². The molecule has 2 aromatic rings. The summed E-state index contributed by atoms with van der Waals surface area (Å²) in [6.07, 6.45) is 0. The van der Waals surface area contributed by atoms with Crippen molar-refractivity contribution in [3.63, 3.8) is 0 Å². The zero-order valence-corrected chi connectivity index (χ0v) is 13.7. The van der Waals surface area contributed by atoms with Gasteiger partial charge < -0.3 is 14.8 Å². The lowest BCUT2D eigenvalue weighted by Gasteiger charge is -2.11. The maximum Gasteiger partial charge on any atom is 0.270 e. The standard InChI is InChI=1S/C17H17FN2O5/c1-3-25-15-7-4-11(8-16(15)24-2)10-19-17(21)13-9-12(20(22)23)5-6-14(13)18/h4-9H,3,10H2,1-2H3,(H,19,21). The third kappa shape index (κ3) is 4.43. The molecule has 2 aromatic carbocycles. The fourth-order valence-corrected chi connectivity index (χ4v) is 2.18. The molecule has 0 aromatic heterocycles. The molecule has 0 saturated carbocycles. The third-order valence-electron chi connectivity index (χ3n) is 3.39. The largest absolute Gasteiger partial charge is 0.493 e. The van der Waals surface area contributed by atoms with E-state index in [1.807, 2.05) is 6.92 Å². The quantitative estimate of drug-likeness (QED) is 0.613. The van der Waals surface area contributed by atoms with Crippen molar-refractivity contribution in [2.75, 3.05) is 13.7 Å². The summed E-state index contributed by atoms with van der Waals surface area (Å²) in [5.74, 6) is -0.485. The first kappa shape index (κ1) is 18.2. The number of nitrogens with zero attached hydrogens (tertiary/aromatic N) is 1. The minimum Gasteiger partial charge on any atom is -0.493 e. The van der Waals surface area contributed by atoms with Crippen molar-refractivity contribution in [2.24, 2.45) is 0 Å². The maximum absolute atomic E-state index is 13.7. The Bertz CT molecular complexity index is 795. The number of hydrogen-bond acceptors (Lipinski definition) is 5. The molecular weight excluding hydrogens is 331 g/mol. The van der Waals surface area contributed by atoms with Crippen LogP contribution in [0.2, 0.25) is 0 Å². The van der Waals surface area contributed by atoms with Crippen LogP contribution in [0, 0.1) is 15.9 Å². The van der Waals surface area contributed by atoms with Crippen LogP contribution in [0.1, 0.15) is 22.8 Å². The number of non-ortho nitro benzene ring substituents is 1. The number of nitrogens with one attached hydrogen (secondary N) is 1. The summed E-state index contributed by atoms with van der Waals surface area (Å²) >= 11 is 0. The van der Waals surface area contributed by atoms with E-state index in [0.29, 0.717) is 23.7 Å². The number of amides is 1. The van der Waals surface area contributed by atoms with Crippen molar-refractivity contribution >= 4 is 11.6 Å². The van der Waals surface area contributed by atoms with Crippen LogP contribution in [0.4, 0.5) is 10.1 Å². The van der Waals surface area contributed by atoms with Crippen molar-refractivity contribution in [3.05, 3.63) is 63.5 Å². The highest BCUT2D eigenvalue weighted by Gasteiger charge is 2.17. The Labute approximate surface area is 143 Å². The molecule has 0 spiro atoms. The van der Waals surface area contributed by atoms with E-state index in [0.717, 1.165) is 18.2 Å². The molecule has 0 aliphatic heterocycles. The van der Waals surface area contributed by atoms with Crippen LogP contribution in [0.5, 0.6) is 11.5 Å². The highest BCUT2D eigenvalue weighted by atomic mass is 19.1. The number of halogens is 1. The van der Waals surface area contributed by atoms with Crippen LogP contribution in [-0.4, -0.2) is 24.5 Å². The molecular formula is C17H17FN2O5. The van der Waals surface area contributed by atoms with E-state index in [9.17, 15) is 19.3 Å². The molecule has 25 heavy (non-hydrogen) atoms. The number of hydrogen-bond donors (Lipinski definition) is 1. The van der Waals surface area contributed by atoms with Gasteiger partial charge in [0.15, 0.2) is 11.5 Å². The number of nitro benzene ring substituents is 1. The summed E-state index contributed by atoms with van der Waals surface area (Å²) < 4.78 is 24.4. The second-order valence-corrected chi connectivity index (χ2v) is 5.02. The smallest absolute Gasteiger partial charge is 0.270 e.